The first kappa shape index (κ1) is 13.5. The minimum atomic E-state index is -0.489. The van der Waals surface area contributed by atoms with Gasteiger partial charge in [0.05, 0.1) is 12.6 Å². The minimum Gasteiger partial charge on any atom is -0.390 e. The summed E-state index contributed by atoms with van der Waals surface area (Å²) in [5.74, 6) is 0.164. The highest BCUT2D eigenvalue weighted by Crippen LogP contribution is 2.11. The van der Waals surface area contributed by atoms with E-state index < -0.39 is 6.10 Å². The van der Waals surface area contributed by atoms with Crippen molar-refractivity contribution < 1.29 is 9.90 Å². The molecule has 1 unspecified atom stereocenters. The number of thiazole rings is 1. The van der Waals surface area contributed by atoms with Gasteiger partial charge in [0, 0.05) is 37.6 Å². The molecule has 0 spiro atoms. The molecule has 1 aromatic rings. The van der Waals surface area contributed by atoms with Crippen LogP contribution in [-0.2, 0) is 11.3 Å². The Bertz CT molecular complexity index is 383. The number of likely N-dealkylation sites (N-methyl/N-ethyl adjacent to an activating group) is 1. The van der Waals surface area contributed by atoms with Crippen LogP contribution in [0.15, 0.2) is 11.6 Å². The topological polar surface area (TPSA) is 56.7 Å². The molecule has 1 aliphatic heterocycles. The Hall–Kier alpha value is -0.980. The smallest absolute Gasteiger partial charge is 0.222 e. The molecule has 1 atom stereocenters. The number of aliphatic hydroxyl groups is 1. The summed E-state index contributed by atoms with van der Waals surface area (Å²) >= 11 is 1.61. The molecule has 1 amide bonds. The highest BCUT2D eigenvalue weighted by atomic mass is 32.1. The van der Waals surface area contributed by atoms with Gasteiger partial charge in [-0.2, -0.15) is 0 Å². The van der Waals surface area contributed by atoms with Gasteiger partial charge in [-0.15, -0.1) is 11.3 Å². The molecule has 1 saturated heterocycles. The molecular formula is C12H19N3O2S. The van der Waals surface area contributed by atoms with Crippen LogP contribution in [0.1, 0.15) is 17.8 Å². The number of hydrogen-bond acceptors (Lipinski definition) is 5. The first-order valence-electron chi connectivity index (χ1n) is 6.18. The summed E-state index contributed by atoms with van der Waals surface area (Å²) in [5, 5.41) is 13.0. The molecular weight excluding hydrogens is 250 g/mol. The number of nitrogens with zero attached hydrogens (tertiary/aromatic N) is 3. The summed E-state index contributed by atoms with van der Waals surface area (Å²) in [7, 11) is 1.95. The summed E-state index contributed by atoms with van der Waals surface area (Å²) in [6.07, 6.45) is 2.84. The van der Waals surface area contributed by atoms with Gasteiger partial charge in [0.15, 0.2) is 0 Å². The fraction of sp³-hybridized carbons (Fsp3) is 0.667. The Morgan fingerprint density at radius 1 is 1.67 bits per heavy atom. The van der Waals surface area contributed by atoms with Gasteiger partial charge in [-0.1, -0.05) is 0 Å². The van der Waals surface area contributed by atoms with Gasteiger partial charge in [0.2, 0.25) is 5.91 Å². The molecule has 18 heavy (non-hydrogen) atoms. The summed E-state index contributed by atoms with van der Waals surface area (Å²) in [6.45, 7) is 2.53. The molecule has 2 heterocycles. The quantitative estimate of drug-likeness (QED) is 0.820. The fourth-order valence-electron chi connectivity index (χ4n) is 2.20. The van der Waals surface area contributed by atoms with Crippen molar-refractivity contribution in [2.24, 2.45) is 0 Å². The Labute approximate surface area is 111 Å². The molecule has 0 aromatic carbocycles. The standard InChI is InChI=1S/C12H19N3O2S/c1-14(9-11-13-4-6-18-11)7-10(16)8-15-5-2-3-12(15)17/h4,6,10,16H,2-3,5,7-9H2,1H3. The molecule has 6 heteroatoms. The third kappa shape index (κ3) is 3.76. The molecule has 1 aliphatic rings. The van der Waals surface area contributed by atoms with Crippen molar-refractivity contribution in [1.82, 2.24) is 14.8 Å². The van der Waals surface area contributed by atoms with Gasteiger partial charge in [0.25, 0.3) is 0 Å². The van der Waals surface area contributed by atoms with Crippen molar-refractivity contribution in [2.45, 2.75) is 25.5 Å². The summed E-state index contributed by atoms with van der Waals surface area (Å²) in [6, 6.07) is 0. The maximum Gasteiger partial charge on any atom is 0.222 e. The Morgan fingerprint density at radius 2 is 2.50 bits per heavy atom. The van der Waals surface area contributed by atoms with E-state index in [0.717, 1.165) is 24.5 Å². The molecule has 0 radical (unpaired) electrons. The van der Waals surface area contributed by atoms with E-state index in [-0.39, 0.29) is 5.91 Å². The zero-order valence-electron chi connectivity index (χ0n) is 10.6. The van der Waals surface area contributed by atoms with Crippen molar-refractivity contribution >= 4 is 17.2 Å². The van der Waals surface area contributed by atoms with Gasteiger partial charge >= 0.3 is 0 Å². The number of aliphatic hydroxyl groups excluding tert-OH is 1. The second kappa shape index (κ2) is 6.26. The maximum absolute atomic E-state index is 11.4. The summed E-state index contributed by atoms with van der Waals surface area (Å²) in [4.78, 5) is 19.4. The largest absolute Gasteiger partial charge is 0.390 e. The van der Waals surface area contributed by atoms with Crippen LogP contribution in [-0.4, -0.2) is 58.6 Å². The Kier molecular flexibility index (Phi) is 4.68. The monoisotopic (exact) mass is 269 g/mol. The number of carbonyl (C=O) groups excluding carboxylic acids is 1. The number of amides is 1. The number of rotatable bonds is 6. The van der Waals surface area contributed by atoms with Crippen molar-refractivity contribution in [3.63, 3.8) is 0 Å². The first-order valence-corrected chi connectivity index (χ1v) is 7.06. The van der Waals surface area contributed by atoms with Crippen LogP contribution in [0.25, 0.3) is 0 Å². The average molecular weight is 269 g/mol. The highest BCUT2D eigenvalue weighted by molar-refractivity contribution is 7.09. The summed E-state index contributed by atoms with van der Waals surface area (Å²) in [5.41, 5.74) is 0. The predicted octanol–water partition coefficient (Wildman–Crippen LogP) is 0.558. The van der Waals surface area contributed by atoms with Crippen LogP contribution in [0.2, 0.25) is 0 Å². The number of likely N-dealkylation sites (tertiary alicyclic amines) is 1. The lowest BCUT2D eigenvalue weighted by Crippen LogP contribution is -2.39. The van der Waals surface area contributed by atoms with Crippen molar-refractivity contribution in [3.05, 3.63) is 16.6 Å². The van der Waals surface area contributed by atoms with Crippen LogP contribution in [0.4, 0.5) is 0 Å². The molecule has 5 nitrogen and oxygen atoms in total. The molecule has 0 saturated carbocycles. The molecule has 1 N–H and O–H groups in total. The fourth-order valence-corrected chi connectivity index (χ4v) is 2.89. The number of β-amino-alcohol motifs (C(OH)–C–C–N with tert-alkyl or cyclic N) is 1. The van der Waals surface area contributed by atoms with E-state index >= 15 is 0 Å². The molecule has 2 rings (SSSR count). The minimum absolute atomic E-state index is 0.164. The number of aromatic nitrogens is 1. The third-order valence-corrected chi connectivity index (χ3v) is 3.78. The van der Waals surface area contributed by atoms with Gasteiger partial charge in [-0.25, -0.2) is 4.98 Å². The summed E-state index contributed by atoms with van der Waals surface area (Å²) < 4.78 is 0. The molecule has 100 valence electrons. The van der Waals surface area contributed by atoms with E-state index in [2.05, 4.69) is 4.98 Å². The number of hydrogen-bond donors (Lipinski definition) is 1. The first-order chi connectivity index (χ1) is 8.65. The lowest BCUT2D eigenvalue weighted by Gasteiger charge is -2.23. The Morgan fingerprint density at radius 3 is 3.11 bits per heavy atom. The van der Waals surface area contributed by atoms with Crippen molar-refractivity contribution in [3.8, 4) is 0 Å². The van der Waals surface area contributed by atoms with Crippen LogP contribution in [0.5, 0.6) is 0 Å². The van der Waals surface area contributed by atoms with Gasteiger partial charge in [0.1, 0.15) is 5.01 Å². The molecule has 0 aliphatic carbocycles. The van der Waals surface area contributed by atoms with E-state index in [0.29, 0.717) is 19.5 Å². The van der Waals surface area contributed by atoms with Crippen LogP contribution in [0.3, 0.4) is 0 Å². The van der Waals surface area contributed by atoms with Crippen LogP contribution >= 0.6 is 11.3 Å². The SMILES string of the molecule is CN(Cc1nccs1)CC(O)CN1CCCC1=O. The van der Waals surface area contributed by atoms with Gasteiger partial charge in [-0.3, -0.25) is 9.69 Å². The van der Waals surface area contributed by atoms with Crippen molar-refractivity contribution in [1.29, 1.82) is 0 Å². The van der Waals surface area contributed by atoms with E-state index in [4.69, 9.17) is 0 Å². The van der Waals surface area contributed by atoms with Crippen molar-refractivity contribution in [2.75, 3.05) is 26.7 Å². The third-order valence-electron chi connectivity index (χ3n) is 3.01. The molecule has 1 aromatic heterocycles. The predicted molar refractivity (Wildman–Crippen MR) is 70.3 cm³/mol. The normalized spacial score (nSPS) is 17.7. The zero-order chi connectivity index (χ0) is 13.0. The van der Waals surface area contributed by atoms with E-state index in [9.17, 15) is 9.90 Å². The average Bonchev–Trinajstić information content (AvgIpc) is 2.91. The van der Waals surface area contributed by atoms with Crippen LogP contribution < -0.4 is 0 Å². The lowest BCUT2D eigenvalue weighted by molar-refractivity contribution is -0.129. The molecule has 1 fully saturated rings. The van der Waals surface area contributed by atoms with E-state index in [1.54, 1.807) is 22.4 Å². The van der Waals surface area contributed by atoms with E-state index in [1.165, 1.54) is 0 Å². The lowest BCUT2D eigenvalue weighted by atomic mass is 10.3. The Balaban J connectivity index is 1.73. The number of carbonyl (C=O) groups is 1. The zero-order valence-corrected chi connectivity index (χ0v) is 11.4. The van der Waals surface area contributed by atoms with E-state index in [1.807, 2.05) is 17.3 Å². The highest BCUT2D eigenvalue weighted by Gasteiger charge is 2.23. The maximum atomic E-state index is 11.4. The van der Waals surface area contributed by atoms with Crippen LogP contribution in [0, 0.1) is 0 Å². The van der Waals surface area contributed by atoms with Gasteiger partial charge in [-0.05, 0) is 13.5 Å². The second-order valence-electron chi connectivity index (χ2n) is 4.72. The van der Waals surface area contributed by atoms with Gasteiger partial charge < -0.3 is 10.0 Å². The molecule has 0 bridgehead atoms. The second-order valence-corrected chi connectivity index (χ2v) is 5.70.